The molecule has 0 radical (unpaired) electrons. The molecule has 0 amide bonds. The third-order valence-electron chi connectivity index (χ3n) is 2.80. The Balaban J connectivity index is 2.00. The highest BCUT2D eigenvalue weighted by Crippen LogP contribution is 2.32. The Hall–Kier alpha value is -2.55. The van der Waals surface area contributed by atoms with Gasteiger partial charge >= 0.3 is 0 Å². The van der Waals surface area contributed by atoms with Gasteiger partial charge in [0.25, 0.3) is 0 Å². The summed E-state index contributed by atoms with van der Waals surface area (Å²) in [5, 5.41) is 16.8. The Kier molecular flexibility index (Phi) is 2.38. The SMILES string of the molecule is N=C1C=CC(=C2C=Cc3cc(O)ccc3O2)C=C1. The van der Waals surface area contributed by atoms with Crippen LogP contribution in [0.5, 0.6) is 11.5 Å². The first-order chi connectivity index (χ1) is 8.72. The fourth-order valence-corrected chi connectivity index (χ4v) is 1.87. The molecule has 3 heteroatoms. The van der Waals surface area contributed by atoms with Crippen LogP contribution >= 0.6 is 0 Å². The quantitative estimate of drug-likeness (QED) is 0.728. The molecule has 18 heavy (non-hydrogen) atoms. The third kappa shape index (κ3) is 1.86. The van der Waals surface area contributed by atoms with E-state index in [9.17, 15) is 5.11 Å². The molecule has 0 aromatic heterocycles. The zero-order valence-corrected chi connectivity index (χ0v) is 9.55. The molecule has 0 unspecified atom stereocenters. The van der Waals surface area contributed by atoms with Gasteiger partial charge in [0, 0.05) is 11.1 Å². The van der Waals surface area contributed by atoms with Crippen molar-refractivity contribution in [2.24, 2.45) is 0 Å². The molecule has 2 aliphatic rings. The number of benzene rings is 1. The number of nitrogens with one attached hydrogen (secondary N) is 1. The molecule has 1 aromatic carbocycles. The summed E-state index contributed by atoms with van der Waals surface area (Å²) in [5.74, 6) is 1.69. The Morgan fingerprint density at radius 2 is 1.72 bits per heavy atom. The molecule has 1 heterocycles. The first kappa shape index (κ1) is 10.6. The normalized spacial score (nSPS) is 16.8. The molecule has 0 spiro atoms. The van der Waals surface area contributed by atoms with Crippen molar-refractivity contribution in [3.8, 4) is 11.5 Å². The zero-order valence-electron chi connectivity index (χ0n) is 9.55. The van der Waals surface area contributed by atoms with Crippen LogP contribution in [0.2, 0.25) is 0 Å². The molecule has 3 rings (SSSR count). The van der Waals surface area contributed by atoms with Crippen LogP contribution < -0.4 is 4.74 Å². The maximum atomic E-state index is 9.38. The summed E-state index contributed by atoms with van der Waals surface area (Å²) in [6.07, 6.45) is 10.9. The van der Waals surface area contributed by atoms with Crippen molar-refractivity contribution >= 4 is 11.8 Å². The lowest BCUT2D eigenvalue weighted by Crippen LogP contribution is -2.03. The summed E-state index contributed by atoms with van der Waals surface area (Å²) in [6.45, 7) is 0. The number of phenolic OH excluding ortho intramolecular Hbond substituents is 1. The molecule has 0 fully saturated rings. The van der Waals surface area contributed by atoms with Crippen LogP contribution in [0.4, 0.5) is 0 Å². The second-order valence-corrected chi connectivity index (χ2v) is 4.10. The number of rotatable bonds is 0. The number of hydrogen-bond acceptors (Lipinski definition) is 3. The minimum Gasteiger partial charge on any atom is -0.508 e. The molecule has 0 atom stereocenters. The molecule has 1 aliphatic heterocycles. The molecular weight excluding hydrogens is 226 g/mol. The van der Waals surface area contributed by atoms with Crippen molar-refractivity contribution in [3.63, 3.8) is 0 Å². The molecule has 0 saturated carbocycles. The van der Waals surface area contributed by atoms with Crippen LogP contribution in [0.25, 0.3) is 6.08 Å². The summed E-state index contributed by atoms with van der Waals surface area (Å²) in [5.41, 5.74) is 2.27. The maximum Gasteiger partial charge on any atom is 0.134 e. The van der Waals surface area contributed by atoms with E-state index in [0.717, 1.165) is 22.6 Å². The van der Waals surface area contributed by atoms with Crippen LogP contribution in [0.1, 0.15) is 5.56 Å². The van der Waals surface area contributed by atoms with Gasteiger partial charge in [0.05, 0.1) is 5.71 Å². The van der Waals surface area contributed by atoms with Crippen molar-refractivity contribution in [2.45, 2.75) is 0 Å². The fourth-order valence-electron chi connectivity index (χ4n) is 1.87. The van der Waals surface area contributed by atoms with Crippen LogP contribution in [-0.4, -0.2) is 10.8 Å². The van der Waals surface area contributed by atoms with Crippen LogP contribution in [0.3, 0.4) is 0 Å². The molecule has 0 saturated heterocycles. The average Bonchev–Trinajstić information content (AvgIpc) is 2.39. The number of hydrogen-bond donors (Lipinski definition) is 2. The topological polar surface area (TPSA) is 53.3 Å². The number of allylic oxidation sites excluding steroid dienone is 6. The molecule has 0 bridgehead atoms. The highest BCUT2D eigenvalue weighted by molar-refractivity contribution is 6.03. The van der Waals surface area contributed by atoms with E-state index in [1.165, 1.54) is 0 Å². The highest BCUT2D eigenvalue weighted by atomic mass is 16.5. The molecule has 1 aromatic rings. The van der Waals surface area contributed by atoms with Crippen LogP contribution in [0.15, 0.2) is 59.9 Å². The van der Waals surface area contributed by atoms with E-state index in [1.54, 1.807) is 30.4 Å². The summed E-state index contributed by atoms with van der Waals surface area (Å²) < 4.78 is 5.77. The lowest BCUT2D eigenvalue weighted by atomic mass is 10.0. The molecule has 3 nitrogen and oxygen atoms in total. The largest absolute Gasteiger partial charge is 0.508 e. The third-order valence-corrected chi connectivity index (χ3v) is 2.80. The molecular formula is C15H11NO2. The number of phenols is 1. The van der Waals surface area contributed by atoms with Gasteiger partial charge in [0.2, 0.25) is 0 Å². The fraction of sp³-hybridized carbons (Fsp3) is 0. The standard InChI is InChI=1S/C15H11NO2/c16-12-4-1-10(2-5-12)14-7-3-11-9-13(17)6-8-15(11)18-14/h1-9,16-17H. The predicted octanol–water partition coefficient (Wildman–Crippen LogP) is 3.20. The van der Waals surface area contributed by atoms with Gasteiger partial charge in [-0.05, 0) is 54.7 Å². The van der Waals surface area contributed by atoms with E-state index >= 15 is 0 Å². The number of aromatic hydroxyl groups is 1. The van der Waals surface area contributed by atoms with E-state index in [1.807, 2.05) is 24.3 Å². The lowest BCUT2D eigenvalue weighted by molar-refractivity contribution is 0.432. The van der Waals surface area contributed by atoms with Gasteiger partial charge in [0.1, 0.15) is 17.3 Å². The summed E-state index contributed by atoms with van der Waals surface area (Å²) in [7, 11) is 0. The van der Waals surface area contributed by atoms with Gasteiger partial charge in [-0.25, -0.2) is 0 Å². The van der Waals surface area contributed by atoms with E-state index in [2.05, 4.69) is 0 Å². The lowest BCUT2D eigenvalue weighted by Gasteiger charge is -2.17. The monoisotopic (exact) mass is 237 g/mol. The molecule has 88 valence electrons. The Morgan fingerprint density at radius 1 is 0.944 bits per heavy atom. The maximum absolute atomic E-state index is 9.38. The predicted molar refractivity (Wildman–Crippen MR) is 70.8 cm³/mol. The minimum atomic E-state index is 0.226. The van der Waals surface area contributed by atoms with E-state index < -0.39 is 0 Å². The highest BCUT2D eigenvalue weighted by Gasteiger charge is 2.12. The molecule has 2 N–H and O–H groups in total. The first-order valence-corrected chi connectivity index (χ1v) is 5.60. The summed E-state index contributed by atoms with van der Waals surface area (Å²) >= 11 is 0. The summed E-state index contributed by atoms with van der Waals surface area (Å²) in [6, 6.07) is 5.01. The first-order valence-electron chi connectivity index (χ1n) is 5.60. The number of ether oxygens (including phenoxy) is 1. The minimum absolute atomic E-state index is 0.226. The van der Waals surface area contributed by atoms with Gasteiger partial charge in [-0.3, -0.25) is 0 Å². The van der Waals surface area contributed by atoms with Gasteiger partial charge < -0.3 is 15.3 Å². The zero-order chi connectivity index (χ0) is 12.5. The Labute approximate surface area is 105 Å². The Morgan fingerprint density at radius 3 is 2.50 bits per heavy atom. The summed E-state index contributed by atoms with van der Waals surface area (Å²) in [4.78, 5) is 0. The van der Waals surface area contributed by atoms with Gasteiger partial charge in [-0.1, -0.05) is 0 Å². The Bertz CT molecular complexity index is 630. The van der Waals surface area contributed by atoms with Crippen LogP contribution in [-0.2, 0) is 0 Å². The van der Waals surface area contributed by atoms with Crippen molar-refractivity contribution in [2.75, 3.05) is 0 Å². The van der Waals surface area contributed by atoms with Crippen molar-refractivity contribution < 1.29 is 9.84 Å². The average molecular weight is 237 g/mol. The molecule has 1 aliphatic carbocycles. The van der Waals surface area contributed by atoms with E-state index in [4.69, 9.17) is 10.1 Å². The van der Waals surface area contributed by atoms with E-state index in [0.29, 0.717) is 5.71 Å². The smallest absolute Gasteiger partial charge is 0.134 e. The van der Waals surface area contributed by atoms with Crippen LogP contribution in [0, 0.1) is 5.41 Å². The number of fused-ring (bicyclic) bond motifs is 1. The van der Waals surface area contributed by atoms with Gasteiger partial charge in [-0.2, -0.15) is 0 Å². The van der Waals surface area contributed by atoms with Gasteiger partial charge in [0.15, 0.2) is 0 Å². The van der Waals surface area contributed by atoms with Crippen molar-refractivity contribution in [1.29, 1.82) is 5.41 Å². The second kappa shape index (κ2) is 4.04. The van der Waals surface area contributed by atoms with E-state index in [-0.39, 0.29) is 5.75 Å². The second-order valence-electron chi connectivity index (χ2n) is 4.10. The van der Waals surface area contributed by atoms with Crippen molar-refractivity contribution in [1.82, 2.24) is 0 Å². The van der Waals surface area contributed by atoms with Crippen molar-refractivity contribution in [3.05, 3.63) is 65.5 Å². The van der Waals surface area contributed by atoms with Gasteiger partial charge in [-0.15, -0.1) is 0 Å².